The normalized spacial score (nSPS) is 14.5. The van der Waals surface area contributed by atoms with Crippen molar-refractivity contribution in [2.75, 3.05) is 29.9 Å². The third-order valence-corrected chi connectivity index (χ3v) is 7.68. The minimum absolute atomic E-state index is 0.110. The molecule has 0 saturated carbocycles. The number of anilines is 1. The number of carbonyl (C=O) groups is 2. The predicted molar refractivity (Wildman–Crippen MR) is 133 cm³/mol. The fourth-order valence-electron chi connectivity index (χ4n) is 3.48. The highest BCUT2D eigenvalue weighted by Crippen LogP contribution is 2.15. The van der Waals surface area contributed by atoms with Gasteiger partial charge in [-0.2, -0.15) is 4.36 Å². The van der Waals surface area contributed by atoms with E-state index < -0.39 is 21.7 Å². The Kier molecular flexibility index (Phi) is 7.17. The zero-order valence-electron chi connectivity index (χ0n) is 19.2. The first-order valence-corrected chi connectivity index (χ1v) is 12.8. The molecule has 35 heavy (non-hydrogen) atoms. The van der Waals surface area contributed by atoms with Crippen molar-refractivity contribution in [3.05, 3.63) is 83.1 Å². The predicted octanol–water partition coefficient (Wildman–Crippen LogP) is 3.00. The Labute approximate surface area is 203 Å². The highest BCUT2D eigenvalue weighted by molar-refractivity contribution is 7.94. The van der Waals surface area contributed by atoms with E-state index in [0.29, 0.717) is 12.1 Å². The number of benzene rings is 1. The van der Waals surface area contributed by atoms with Crippen LogP contribution in [0.4, 0.5) is 10.5 Å². The fourth-order valence-corrected chi connectivity index (χ4v) is 5.28. The Hall–Kier alpha value is -4.10. The zero-order chi connectivity index (χ0) is 24.8. The average Bonchev–Trinajstić information content (AvgIpc) is 3.26. The van der Waals surface area contributed by atoms with Crippen LogP contribution in [-0.2, 0) is 16.3 Å². The van der Waals surface area contributed by atoms with Crippen LogP contribution in [0.2, 0.25) is 0 Å². The van der Waals surface area contributed by atoms with Crippen LogP contribution in [0.25, 0.3) is 0 Å². The van der Waals surface area contributed by atoms with Gasteiger partial charge in [-0.15, -0.1) is 0 Å². The molecule has 0 aliphatic carbocycles. The third kappa shape index (κ3) is 6.28. The lowest BCUT2D eigenvalue weighted by molar-refractivity contribution is 0.100. The molecule has 1 aliphatic heterocycles. The molecule has 0 atom stereocenters. The number of hydrogen-bond donors (Lipinski definition) is 2. The van der Waals surface area contributed by atoms with E-state index in [1.54, 1.807) is 18.5 Å². The maximum absolute atomic E-state index is 12.9. The maximum atomic E-state index is 12.9. The Morgan fingerprint density at radius 3 is 2.66 bits per heavy atom. The van der Waals surface area contributed by atoms with E-state index in [0.717, 1.165) is 22.6 Å². The first-order chi connectivity index (χ1) is 16.8. The van der Waals surface area contributed by atoms with Gasteiger partial charge in [-0.3, -0.25) is 9.78 Å². The van der Waals surface area contributed by atoms with E-state index in [1.807, 2.05) is 37.3 Å². The second-order valence-corrected chi connectivity index (χ2v) is 10.6. The van der Waals surface area contributed by atoms with Crippen molar-refractivity contribution >= 4 is 27.4 Å². The first kappa shape index (κ1) is 24.0. The molecule has 3 heterocycles. The Morgan fingerprint density at radius 2 is 1.94 bits per heavy atom. The summed E-state index contributed by atoms with van der Waals surface area (Å²) in [5, 5.41) is 3.31. The summed E-state index contributed by atoms with van der Waals surface area (Å²) in [5.41, 5.74) is 8.77. The van der Waals surface area contributed by atoms with Crippen molar-refractivity contribution in [3.8, 4) is 11.8 Å². The molecule has 3 amide bonds. The molecule has 180 valence electrons. The molecule has 0 radical (unpaired) electrons. The van der Waals surface area contributed by atoms with Gasteiger partial charge < -0.3 is 20.4 Å². The standard InChI is InChI=1S/C25H25N5O4S/c1-18-7-10-34-23(18)17-28-22-4-2-3-19(14-22)5-6-20-13-21(16-27-15-20)24(31)29-35(33)11-8-30(9-12-35)25(26)32/h2-4,7,10,13-16,28H,8-9,11-12,17H2,1H3,(H2,26,32). The molecule has 1 saturated heterocycles. The minimum atomic E-state index is -2.75. The molecule has 1 fully saturated rings. The number of carbonyl (C=O) groups excluding carboxylic acids is 2. The number of nitrogens with one attached hydrogen (secondary N) is 1. The van der Waals surface area contributed by atoms with Crippen molar-refractivity contribution in [3.63, 3.8) is 0 Å². The van der Waals surface area contributed by atoms with Gasteiger partial charge in [-0.05, 0) is 42.8 Å². The van der Waals surface area contributed by atoms with Gasteiger partial charge in [0, 0.05) is 42.3 Å². The summed E-state index contributed by atoms with van der Waals surface area (Å²) >= 11 is 0. The van der Waals surface area contributed by atoms with Crippen molar-refractivity contribution < 1.29 is 18.2 Å². The molecule has 9 nitrogen and oxygen atoms in total. The number of furan rings is 1. The van der Waals surface area contributed by atoms with E-state index in [1.165, 1.54) is 11.1 Å². The lowest BCUT2D eigenvalue weighted by Crippen LogP contribution is -2.46. The van der Waals surface area contributed by atoms with Crippen molar-refractivity contribution in [1.29, 1.82) is 0 Å². The monoisotopic (exact) mass is 491 g/mol. The zero-order valence-corrected chi connectivity index (χ0v) is 20.0. The topological polar surface area (TPSA) is 131 Å². The lowest BCUT2D eigenvalue weighted by Gasteiger charge is -2.26. The molecule has 3 N–H and O–H groups in total. The molecule has 1 aliphatic rings. The number of rotatable bonds is 4. The van der Waals surface area contributed by atoms with Crippen LogP contribution in [0.1, 0.15) is 32.8 Å². The molecule has 0 bridgehead atoms. The van der Waals surface area contributed by atoms with Crippen LogP contribution >= 0.6 is 0 Å². The minimum Gasteiger partial charge on any atom is -0.467 e. The second kappa shape index (κ2) is 10.4. The number of aryl methyl sites for hydroxylation is 1. The van der Waals surface area contributed by atoms with Gasteiger partial charge in [0.1, 0.15) is 5.76 Å². The van der Waals surface area contributed by atoms with E-state index in [2.05, 4.69) is 26.5 Å². The van der Waals surface area contributed by atoms with Gasteiger partial charge in [0.05, 0.1) is 39.6 Å². The number of urea groups is 1. The number of primary amides is 1. The third-order valence-electron chi connectivity index (χ3n) is 5.54. The molecule has 0 spiro atoms. The van der Waals surface area contributed by atoms with Gasteiger partial charge in [-0.25, -0.2) is 9.00 Å². The van der Waals surface area contributed by atoms with Crippen molar-refractivity contribution in [2.24, 2.45) is 10.1 Å². The van der Waals surface area contributed by atoms with E-state index >= 15 is 0 Å². The molecule has 2 aromatic heterocycles. The van der Waals surface area contributed by atoms with E-state index in [-0.39, 0.29) is 30.2 Å². The fraction of sp³-hybridized carbons (Fsp3) is 0.240. The molecule has 1 aromatic carbocycles. The Bertz CT molecular complexity index is 1430. The summed E-state index contributed by atoms with van der Waals surface area (Å²) in [5.74, 6) is 6.57. The highest BCUT2D eigenvalue weighted by Gasteiger charge is 2.24. The number of aromatic nitrogens is 1. The lowest BCUT2D eigenvalue weighted by atomic mass is 10.1. The largest absolute Gasteiger partial charge is 0.467 e. The van der Waals surface area contributed by atoms with Crippen LogP contribution in [0.15, 0.2) is 63.8 Å². The van der Waals surface area contributed by atoms with Crippen LogP contribution in [0.3, 0.4) is 0 Å². The van der Waals surface area contributed by atoms with Gasteiger partial charge >= 0.3 is 6.03 Å². The van der Waals surface area contributed by atoms with Crippen molar-refractivity contribution in [1.82, 2.24) is 9.88 Å². The summed E-state index contributed by atoms with van der Waals surface area (Å²) in [6.45, 7) is 2.98. The van der Waals surface area contributed by atoms with Gasteiger partial charge in [0.15, 0.2) is 0 Å². The Morgan fingerprint density at radius 1 is 1.17 bits per heavy atom. The summed E-state index contributed by atoms with van der Waals surface area (Å²) in [4.78, 5) is 29.4. The molecular formula is C25H25N5O4S. The molecule has 4 rings (SSSR count). The van der Waals surface area contributed by atoms with Crippen LogP contribution in [0.5, 0.6) is 0 Å². The van der Waals surface area contributed by atoms with Gasteiger partial charge in [0.25, 0.3) is 5.91 Å². The Balaban J connectivity index is 1.44. The summed E-state index contributed by atoms with van der Waals surface area (Å²) < 4.78 is 22.3. The SMILES string of the molecule is Cc1ccoc1CNc1cccc(C#Cc2cncc(C(=O)N=S3(=O)CCN(C(N)=O)CC3)c2)c1. The number of pyridine rings is 1. The number of hydrogen-bond acceptors (Lipinski definition) is 6. The second-order valence-electron chi connectivity index (χ2n) is 8.08. The smallest absolute Gasteiger partial charge is 0.314 e. The number of nitrogens with two attached hydrogens (primary N) is 1. The average molecular weight is 492 g/mol. The van der Waals surface area contributed by atoms with Gasteiger partial charge in [-0.1, -0.05) is 17.9 Å². The molecule has 10 heteroatoms. The summed E-state index contributed by atoms with van der Waals surface area (Å²) in [6, 6.07) is 10.6. The number of nitrogens with zero attached hydrogens (tertiary/aromatic N) is 3. The maximum Gasteiger partial charge on any atom is 0.314 e. The number of amides is 3. The van der Waals surface area contributed by atoms with Gasteiger partial charge in [0.2, 0.25) is 0 Å². The van der Waals surface area contributed by atoms with Crippen LogP contribution in [-0.4, -0.2) is 50.6 Å². The summed E-state index contributed by atoms with van der Waals surface area (Å²) in [7, 11) is -2.75. The molecule has 0 unspecified atom stereocenters. The summed E-state index contributed by atoms with van der Waals surface area (Å²) in [6.07, 6.45) is 4.59. The van der Waals surface area contributed by atoms with Crippen LogP contribution < -0.4 is 11.1 Å². The van der Waals surface area contributed by atoms with Crippen LogP contribution in [0, 0.1) is 18.8 Å². The van der Waals surface area contributed by atoms with Crippen molar-refractivity contribution in [2.45, 2.75) is 13.5 Å². The van der Waals surface area contributed by atoms with E-state index in [9.17, 15) is 13.8 Å². The first-order valence-electron chi connectivity index (χ1n) is 11.0. The molecular weight excluding hydrogens is 466 g/mol. The molecule has 3 aromatic rings. The quantitative estimate of drug-likeness (QED) is 0.540. The van der Waals surface area contributed by atoms with E-state index in [4.69, 9.17) is 10.2 Å². The highest BCUT2D eigenvalue weighted by atomic mass is 32.2.